The SMILES string of the molecule is OCCCCCC(O)CC(O)CCO. The molecule has 0 rings (SSSR count). The fourth-order valence-corrected chi connectivity index (χ4v) is 1.37. The minimum Gasteiger partial charge on any atom is -0.396 e. The normalized spacial score (nSPS) is 15.4. The highest BCUT2D eigenvalue weighted by atomic mass is 16.3. The minimum atomic E-state index is -0.604. The molecule has 0 aliphatic rings. The monoisotopic (exact) mass is 206 g/mol. The average molecular weight is 206 g/mol. The Morgan fingerprint density at radius 3 is 1.93 bits per heavy atom. The van der Waals surface area contributed by atoms with Crippen LogP contribution < -0.4 is 0 Å². The Morgan fingerprint density at radius 2 is 1.36 bits per heavy atom. The molecule has 0 fully saturated rings. The second kappa shape index (κ2) is 9.40. The van der Waals surface area contributed by atoms with Crippen molar-refractivity contribution in [2.75, 3.05) is 13.2 Å². The summed E-state index contributed by atoms with van der Waals surface area (Å²) >= 11 is 0. The largest absolute Gasteiger partial charge is 0.396 e. The Hall–Kier alpha value is -0.160. The third-order valence-corrected chi connectivity index (χ3v) is 2.20. The molecule has 0 bridgehead atoms. The lowest BCUT2D eigenvalue weighted by Crippen LogP contribution is -2.18. The van der Waals surface area contributed by atoms with Crippen molar-refractivity contribution in [2.24, 2.45) is 0 Å². The number of aliphatic hydroxyl groups excluding tert-OH is 4. The van der Waals surface area contributed by atoms with Gasteiger partial charge in [0.05, 0.1) is 12.2 Å². The molecular formula is C10H22O4. The lowest BCUT2D eigenvalue weighted by molar-refractivity contribution is 0.0589. The van der Waals surface area contributed by atoms with E-state index in [1.54, 1.807) is 0 Å². The molecule has 0 amide bonds. The van der Waals surface area contributed by atoms with Crippen LogP contribution in [-0.2, 0) is 0 Å². The molecule has 0 aliphatic carbocycles. The van der Waals surface area contributed by atoms with E-state index in [1.165, 1.54) is 0 Å². The zero-order chi connectivity index (χ0) is 10.8. The fourth-order valence-electron chi connectivity index (χ4n) is 1.37. The van der Waals surface area contributed by atoms with Crippen LogP contribution in [0.25, 0.3) is 0 Å². The summed E-state index contributed by atoms with van der Waals surface area (Å²) in [4.78, 5) is 0. The van der Waals surface area contributed by atoms with E-state index in [-0.39, 0.29) is 13.2 Å². The smallest absolute Gasteiger partial charge is 0.0586 e. The first-order valence-electron chi connectivity index (χ1n) is 5.28. The number of rotatable bonds is 9. The van der Waals surface area contributed by atoms with E-state index in [0.29, 0.717) is 19.3 Å². The van der Waals surface area contributed by atoms with E-state index in [2.05, 4.69) is 0 Å². The molecule has 4 nitrogen and oxygen atoms in total. The van der Waals surface area contributed by atoms with E-state index in [9.17, 15) is 10.2 Å². The van der Waals surface area contributed by atoms with Gasteiger partial charge in [-0.25, -0.2) is 0 Å². The molecule has 86 valence electrons. The van der Waals surface area contributed by atoms with Gasteiger partial charge in [-0.3, -0.25) is 0 Å². The summed E-state index contributed by atoms with van der Waals surface area (Å²) < 4.78 is 0. The van der Waals surface area contributed by atoms with E-state index in [4.69, 9.17) is 10.2 Å². The molecule has 14 heavy (non-hydrogen) atoms. The van der Waals surface area contributed by atoms with Gasteiger partial charge in [0.2, 0.25) is 0 Å². The summed E-state index contributed by atoms with van der Waals surface area (Å²) in [6.45, 7) is 0.154. The lowest BCUT2D eigenvalue weighted by atomic mass is 10.0. The van der Waals surface area contributed by atoms with Crippen LogP contribution in [0.1, 0.15) is 38.5 Å². The van der Waals surface area contributed by atoms with Crippen molar-refractivity contribution in [3.8, 4) is 0 Å². The highest BCUT2D eigenvalue weighted by Gasteiger charge is 2.10. The summed E-state index contributed by atoms with van der Waals surface area (Å²) in [5.74, 6) is 0. The van der Waals surface area contributed by atoms with Crippen LogP contribution >= 0.6 is 0 Å². The highest BCUT2D eigenvalue weighted by molar-refractivity contribution is 4.63. The average Bonchev–Trinajstić information content (AvgIpc) is 2.13. The van der Waals surface area contributed by atoms with Gasteiger partial charge in [-0.1, -0.05) is 12.8 Å². The number of hydrogen-bond donors (Lipinski definition) is 4. The summed E-state index contributed by atoms with van der Waals surface area (Å²) in [7, 11) is 0. The van der Waals surface area contributed by atoms with E-state index >= 15 is 0 Å². The molecular weight excluding hydrogens is 184 g/mol. The van der Waals surface area contributed by atoms with Crippen molar-refractivity contribution < 1.29 is 20.4 Å². The Balaban J connectivity index is 3.30. The molecule has 0 aromatic heterocycles. The Bertz CT molecular complexity index is 119. The van der Waals surface area contributed by atoms with Crippen LogP contribution in [0.15, 0.2) is 0 Å². The van der Waals surface area contributed by atoms with Gasteiger partial charge in [-0.2, -0.15) is 0 Å². The van der Waals surface area contributed by atoms with Crippen molar-refractivity contribution in [1.29, 1.82) is 0 Å². The molecule has 4 N–H and O–H groups in total. The molecule has 0 saturated carbocycles. The van der Waals surface area contributed by atoms with Crippen molar-refractivity contribution in [1.82, 2.24) is 0 Å². The summed E-state index contributed by atoms with van der Waals surface area (Å²) in [6.07, 6.45) is 2.77. The van der Waals surface area contributed by atoms with Gasteiger partial charge in [0.1, 0.15) is 0 Å². The van der Waals surface area contributed by atoms with Gasteiger partial charge in [0, 0.05) is 13.2 Å². The van der Waals surface area contributed by atoms with Crippen molar-refractivity contribution in [3.63, 3.8) is 0 Å². The van der Waals surface area contributed by atoms with Crippen molar-refractivity contribution >= 4 is 0 Å². The lowest BCUT2D eigenvalue weighted by Gasteiger charge is -2.14. The topological polar surface area (TPSA) is 80.9 Å². The van der Waals surface area contributed by atoms with Gasteiger partial charge in [-0.05, 0) is 25.7 Å². The molecule has 0 spiro atoms. The Labute approximate surface area is 85.2 Å². The van der Waals surface area contributed by atoms with Crippen LogP contribution in [0, 0.1) is 0 Å². The predicted octanol–water partition coefficient (Wildman–Crippen LogP) is 0.0334. The maximum Gasteiger partial charge on any atom is 0.0586 e. The molecule has 2 atom stereocenters. The zero-order valence-corrected chi connectivity index (χ0v) is 8.60. The van der Waals surface area contributed by atoms with Crippen molar-refractivity contribution in [3.05, 3.63) is 0 Å². The molecule has 2 unspecified atom stereocenters. The molecule has 0 heterocycles. The van der Waals surface area contributed by atoms with Crippen molar-refractivity contribution in [2.45, 2.75) is 50.7 Å². The first-order valence-corrected chi connectivity index (χ1v) is 5.28. The molecule has 0 aromatic carbocycles. The summed E-state index contributed by atoms with van der Waals surface area (Å²) in [6, 6.07) is 0. The van der Waals surface area contributed by atoms with E-state index in [0.717, 1.165) is 19.3 Å². The second-order valence-corrected chi connectivity index (χ2v) is 3.63. The van der Waals surface area contributed by atoms with Gasteiger partial charge >= 0.3 is 0 Å². The Kier molecular flexibility index (Phi) is 9.29. The zero-order valence-electron chi connectivity index (χ0n) is 8.60. The molecule has 0 radical (unpaired) electrons. The molecule has 0 saturated heterocycles. The highest BCUT2D eigenvalue weighted by Crippen LogP contribution is 2.09. The summed E-state index contributed by atoms with van der Waals surface area (Å²) in [5.41, 5.74) is 0. The second-order valence-electron chi connectivity index (χ2n) is 3.63. The number of unbranched alkanes of at least 4 members (excludes halogenated alkanes) is 2. The third-order valence-electron chi connectivity index (χ3n) is 2.20. The standard InChI is InChI=1S/C10H22O4/c11-6-3-1-2-4-9(13)8-10(14)5-7-12/h9-14H,1-8H2. The van der Waals surface area contributed by atoms with Gasteiger partial charge in [0.25, 0.3) is 0 Å². The van der Waals surface area contributed by atoms with Crippen LogP contribution in [0.3, 0.4) is 0 Å². The van der Waals surface area contributed by atoms with E-state index in [1.807, 2.05) is 0 Å². The van der Waals surface area contributed by atoms with Gasteiger partial charge in [-0.15, -0.1) is 0 Å². The molecule has 4 heteroatoms. The number of aliphatic hydroxyl groups is 4. The van der Waals surface area contributed by atoms with E-state index < -0.39 is 12.2 Å². The predicted molar refractivity (Wildman–Crippen MR) is 53.9 cm³/mol. The fraction of sp³-hybridized carbons (Fsp3) is 1.00. The van der Waals surface area contributed by atoms with Gasteiger partial charge in [0.15, 0.2) is 0 Å². The van der Waals surface area contributed by atoms with Crippen LogP contribution in [0.5, 0.6) is 0 Å². The third kappa shape index (κ3) is 8.44. The quantitative estimate of drug-likeness (QED) is 0.401. The first kappa shape index (κ1) is 13.8. The number of hydrogen-bond acceptors (Lipinski definition) is 4. The maximum atomic E-state index is 9.44. The van der Waals surface area contributed by atoms with Crippen LogP contribution in [-0.4, -0.2) is 45.8 Å². The summed E-state index contributed by atoms with van der Waals surface area (Å²) in [5, 5.41) is 35.7. The molecule has 0 aromatic rings. The molecule has 0 aliphatic heterocycles. The first-order chi connectivity index (χ1) is 6.70. The van der Waals surface area contributed by atoms with Gasteiger partial charge < -0.3 is 20.4 Å². The Morgan fingerprint density at radius 1 is 0.714 bits per heavy atom. The van der Waals surface area contributed by atoms with Crippen LogP contribution in [0.2, 0.25) is 0 Å². The minimum absolute atomic E-state index is 0.0433. The van der Waals surface area contributed by atoms with Crippen LogP contribution in [0.4, 0.5) is 0 Å². The maximum absolute atomic E-state index is 9.44.